The molecule has 0 rings (SSSR count). The van der Waals surface area contributed by atoms with Gasteiger partial charge in [0.15, 0.2) is 0 Å². The van der Waals surface area contributed by atoms with Crippen LogP contribution >= 0.6 is 0 Å². The lowest BCUT2D eigenvalue weighted by Crippen LogP contribution is -2.19. The van der Waals surface area contributed by atoms with Gasteiger partial charge in [-0.05, 0) is 0 Å². The molecule has 0 aliphatic rings. The summed E-state index contributed by atoms with van der Waals surface area (Å²) in [5.74, 6) is 4.48. The maximum atomic E-state index is 9.71. The Hall–Kier alpha value is -0.620. The summed E-state index contributed by atoms with van der Waals surface area (Å²) in [4.78, 5) is 0. The quantitative estimate of drug-likeness (QED) is 0.119. The Bertz CT molecular complexity index is 110. The third kappa shape index (κ3) is 2.12. The summed E-state index contributed by atoms with van der Waals surface area (Å²) in [6.45, 7) is 0. The van der Waals surface area contributed by atoms with Crippen molar-refractivity contribution in [2.75, 3.05) is 0 Å². The van der Waals surface area contributed by atoms with E-state index < -0.39 is 16.2 Å². The molecule has 0 radical (unpaired) electrons. The molecule has 0 saturated carbocycles. The molecular formula is CH5N3O2S. The Morgan fingerprint density at radius 2 is 2.29 bits per heavy atom. The van der Waals surface area contributed by atoms with E-state index in [1.807, 2.05) is 0 Å². The molecule has 0 aromatic rings. The molecule has 0 aliphatic carbocycles. The van der Waals surface area contributed by atoms with Crippen LogP contribution in [-0.4, -0.2) is 13.9 Å². The normalized spacial score (nSPS) is 16.4. The summed E-state index contributed by atoms with van der Waals surface area (Å²) in [5.41, 5.74) is 4.69. The van der Waals surface area contributed by atoms with Crippen LogP contribution in [-0.2, 0) is 11.1 Å². The first kappa shape index (κ1) is 6.38. The minimum Gasteiger partial charge on any atom is -0.373 e. The van der Waals surface area contributed by atoms with Gasteiger partial charge < -0.3 is 11.6 Å². The molecule has 1 atom stereocenters. The maximum Gasteiger partial charge on any atom is 0.235 e. The second kappa shape index (κ2) is 2.54. The smallest absolute Gasteiger partial charge is 0.235 e. The first-order valence-electron chi connectivity index (χ1n) is 1.32. The van der Waals surface area contributed by atoms with Crippen molar-refractivity contribution in [3.63, 3.8) is 0 Å². The van der Waals surface area contributed by atoms with E-state index in [0.29, 0.717) is 0 Å². The van der Waals surface area contributed by atoms with Gasteiger partial charge in [-0.15, -0.1) is 0 Å². The molecule has 0 fully saturated rings. The Balaban J connectivity index is 3.82. The molecule has 0 spiro atoms. The molecule has 5 nitrogen and oxygen atoms in total. The van der Waals surface area contributed by atoms with Crippen LogP contribution in [0.4, 0.5) is 0 Å². The third-order valence-electron chi connectivity index (χ3n) is 0.306. The second-order valence-corrected chi connectivity index (χ2v) is 1.63. The van der Waals surface area contributed by atoms with E-state index in [1.54, 1.807) is 0 Å². The molecular weight excluding hydrogens is 118 g/mol. The van der Waals surface area contributed by atoms with Crippen molar-refractivity contribution in [2.24, 2.45) is 16.7 Å². The van der Waals surface area contributed by atoms with Crippen molar-refractivity contribution in [3.8, 4) is 0 Å². The van der Waals surface area contributed by atoms with E-state index in [-0.39, 0.29) is 0 Å². The lowest BCUT2D eigenvalue weighted by molar-refractivity contribution is 0.576. The van der Waals surface area contributed by atoms with Crippen LogP contribution in [0.25, 0.3) is 0 Å². The molecule has 7 heavy (non-hydrogen) atoms. The standard InChI is InChI=1S/CH5N3O2S/c2-1(4-3)7(5)6/h3H2,(H2,2,4)(H,5,6). The van der Waals surface area contributed by atoms with Gasteiger partial charge in [0.1, 0.15) is 0 Å². The molecule has 0 heterocycles. The average Bonchev–Trinajstić information content (AvgIpc) is 1.65. The van der Waals surface area contributed by atoms with Crippen LogP contribution in [0.2, 0.25) is 0 Å². The minimum absolute atomic E-state index is 0.472. The largest absolute Gasteiger partial charge is 0.373 e. The van der Waals surface area contributed by atoms with Crippen molar-refractivity contribution in [1.29, 1.82) is 0 Å². The fourth-order valence-electron chi connectivity index (χ4n) is 0.0451. The maximum absolute atomic E-state index is 9.71. The molecule has 0 saturated heterocycles. The van der Waals surface area contributed by atoms with Gasteiger partial charge >= 0.3 is 0 Å². The molecule has 42 valence electrons. The minimum atomic E-state index is -2.21. The van der Waals surface area contributed by atoms with Gasteiger partial charge in [0.25, 0.3) is 0 Å². The second-order valence-electron chi connectivity index (χ2n) is 0.716. The highest BCUT2D eigenvalue weighted by Crippen LogP contribution is 1.66. The van der Waals surface area contributed by atoms with E-state index >= 15 is 0 Å². The van der Waals surface area contributed by atoms with Crippen LogP contribution in [0.15, 0.2) is 5.10 Å². The zero-order chi connectivity index (χ0) is 5.86. The number of hydrogen-bond donors (Lipinski definition) is 3. The van der Waals surface area contributed by atoms with Crippen molar-refractivity contribution >= 4 is 16.2 Å². The van der Waals surface area contributed by atoms with Gasteiger partial charge in [-0.25, -0.2) is 4.21 Å². The zero-order valence-electron chi connectivity index (χ0n) is 3.37. The van der Waals surface area contributed by atoms with E-state index in [4.69, 9.17) is 10.3 Å². The van der Waals surface area contributed by atoms with E-state index in [2.05, 4.69) is 10.9 Å². The number of nitrogens with zero attached hydrogens (tertiary/aromatic N) is 1. The lowest BCUT2D eigenvalue weighted by atomic mass is 11.4. The topological polar surface area (TPSA) is 102 Å². The van der Waals surface area contributed by atoms with E-state index in [1.165, 1.54) is 0 Å². The Labute approximate surface area is 42.7 Å². The highest BCUT2D eigenvalue weighted by Gasteiger charge is 1.94. The summed E-state index contributed by atoms with van der Waals surface area (Å²) in [6.07, 6.45) is 0. The Morgan fingerprint density at radius 1 is 1.86 bits per heavy atom. The van der Waals surface area contributed by atoms with Crippen LogP contribution in [0.5, 0.6) is 0 Å². The van der Waals surface area contributed by atoms with Crippen LogP contribution < -0.4 is 11.6 Å². The molecule has 0 amide bonds. The van der Waals surface area contributed by atoms with E-state index in [0.717, 1.165) is 0 Å². The molecule has 0 aromatic heterocycles. The fraction of sp³-hybridized carbons (Fsp3) is 0. The van der Waals surface area contributed by atoms with Gasteiger partial charge in [-0.2, -0.15) is 5.10 Å². The molecule has 5 N–H and O–H groups in total. The fourth-order valence-corrected chi connectivity index (χ4v) is 0.135. The Morgan fingerprint density at radius 3 is 2.29 bits per heavy atom. The van der Waals surface area contributed by atoms with Crippen LogP contribution in [0, 0.1) is 0 Å². The van der Waals surface area contributed by atoms with Crippen molar-refractivity contribution < 1.29 is 8.76 Å². The number of rotatable bonds is 0. The number of hydrazone groups is 1. The first-order valence-corrected chi connectivity index (χ1v) is 2.43. The molecule has 1 unspecified atom stereocenters. The summed E-state index contributed by atoms with van der Waals surface area (Å²) in [5, 5.41) is 2.26. The summed E-state index contributed by atoms with van der Waals surface area (Å²) >= 11 is -2.21. The predicted octanol–water partition coefficient (Wildman–Crippen LogP) is -1.60. The summed E-state index contributed by atoms with van der Waals surface area (Å²) < 4.78 is 17.7. The molecule has 6 heteroatoms. The number of amidine groups is 1. The zero-order valence-corrected chi connectivity index (χ0v) is 4.18. The highest BCUT2D eigenvalue weighted by atomic mass is 32.2. The third-order valence-corrected chi connectivity index (χ3v) is 0.769. The lowest BCUT2D eigenvalue weighted by Gasteiger charge is -1.84. The molecule has 0 bridgehead atoms. The summed E-state index contributed by atoms with van der Waals surface area (Å²) in [6, 6.07) is 0. The van der Waals surface area contributed by atoms with Crippen LogP contribution in [0.1, 0.15) is 0 Å². The highest BCUT2D eigenvalue weighted by molar-refractivity contribution is 7.95. The van der Waals surface area contributed by atoms with Gasteiger partial charge in [0.2, 0.25) is 16.2 Å². The average molecular weight is 123 g/mol. The van der Waals surface area contributed by atoms with Gasteiger partial charge in [0, 0.05) is 0 Å². The first-order chi connectivity index (χ1) is 3.18. The Kier molecular flexibility index (Phi) is 2.31. The van der Waals surface area contributed by atoms with Crippen molar-refractivity contribution in [1.82, 2.24) is 0 Å². The van der Waals surface area contributed by atoms with Gasteiger partial charge in [-0.3, -0.25) is 4.55 Å². The monoisotopic (exact) mass is 123 g/mol. The molecule has 0 aromatic carbocycles. The van der Waals surface area contributed by atoms with Crippen molar-refractivity contribution in [2.45, 2.75) is 0 Å². The van der Waals surface area contributed by atoms with E-state index in [9.17, 15) is 4.21 Å². The SMILES string of the molecule is NN=C(N)S(=O)O. The molecule has 0 aliphatic heterocycles. The number of hydrogen-bond acceptors (Lipinski definition) is 3. The number of nitrogens with two attached hydrogens (primary N) is 2. The van der Waals surface area contributed by atoms with Gasteiger partial charge in [-0.1, -0.05) is 0 Å². The van der Waals surface area contributed by atoms with Crippen LogP contribution in [0.3, 0.4) is 0 Å². The predicted molar refractivity (Wildman–Crippen MR) is 26.6 cm³/mol. The van der Waals surface area contributed by atoms with Crippen molar-refractivity contribution in [3.05, 3.63) is 0 Å². The van der Waals surface area contributed by atoms with Gasteiger partial charge in [0.05, 0.1) is 0 Å². The summed E-state index contributed by atoms with van der Waals surface area (Å²) in [7, 11) is 0.